The van der Waals surface area contributed by atoms with E-state index in [9.17, 15) is 9.59 Å². The van der Waals surface area contributed by atoms with Gasteiger partial charge >= 0.3 is 5.97 Å². The molecule has 0 aliphatic rings. The molecule has 0 aliphatic carbocycles. The van der Waals surface area contributed by atoms with E-state index in [1.165, 1.54) is 7.11 Å². The molecule has 0 unspecified atom stereocenters. The molecule has 0 fully saturated rings. The molecule has 0 rings (SSSR count). The molecule has 0 spiro atoms. The predicted molar refractivity (Wildman–Crippen MR) is 58.7 cm³/mol. The van der Waals surface area contributed by atoms with E-state index in [1.807, 2.05) is 20.8 Å². The smallest absolute Gasteiger partial charge is 0.330 e. The summed E-state index contributed by atoms with van der Waals surface area (Å²) in [4.78, 5) is 22.4. The zero-order chi connectivity index (χ0) is 12.8. The van der Waals surface area contributed by atoms with Crippen LogP contribution in [0.25, 0.3) is 0 Å². The lowest BCUT2D eigenvalue weighted by atomic mass is 10.2. The van der Waals surface area contributed by atoms with Gasteiger partial charge in [0, 0.05) is 0 Å². The fourth-order valence-corrected chi connectivity index (χ4v) is 0.897. The van der Waals surface area contributed by atoms with Crippen LogP contribution >= 0.6 is 0 Å². The average molecular weight is 232 g/mol. The van der Waals surface area contributed by atoms with Crippen molar-refractivity contribution in [1.82, 2.24) is 5.32 Å². The van der Waals surface area contributed by atoms with E-state index in [0.29, 0.717) is 0 Å². The Morgan fingerprint density at radius 3 is 2.31 bits per heavy atom. The van der Waals surface area contributed by atoms with Gasteiger partial charge in [-0.25, -0.2) is 4.79 Å². The molecule has 1 atom stereocenters. The molecule has 0 aliphatic heterocycles. The number of ether oxygens (including phenoxy) is 2. The van der Waals surface area contributed by atoms with E-state index in [4.69, 9.17) is 10.5 Å². The zero-order valence-electron chi connectivity index (χ0n) is 10.2. The van der Waals surface area contributed by atoms with Gasteiger partial charge in [0.05, 0.1) is 25.9 Å². The molecule has 0 heterocycles. The third-order valence-electron chi connectivity index (χ3n) is 1.69. The number of methoxy groups -OCH3 is 1. The minimum absolute atomic E-state index is 0.0575. The highest BCUT2D eigenvalue weighted by molar-refractivity contribution is 5.85. The molecular formula is C10H20N2O4. The van der Waals surface area contributed by atoms with Gasteiger partial charge in [-0.05, 0) is 20.8 Å². The lowest BCUT2D eigenvalue weighted by Crippen LogP contribution is -2.48. The number of hydrogen-bond acceptors (Lipinski definition) is 5. The Morgan fingerprint density at radius 1 is 1.38 bits per heavy atom. The van der Waals surface area contributed by atoms with Gasteiger partial charge in [-0.1, -0.05) is 0 Å². The molecule has 6 heteroatoms. The number of esters is 1. The molecule has 0 saturated carbocycles. The summed E-state index contributed by atoms with van der Waals surface area (Å²) in [5, 5.41) is 2.43. The summed E-state index contributed by atoms with van der Waals surface area (Å²) in [7, 11) is 1.25. The van der Waals surface area contributed by atoms with Gasteiger partial charge in [0.1, 0.15) is 0 Å². The summed E-state index contributed by atoms with van der Waals surface area (Å²) in [5.74, 6) is -0.973. The maximum absolute atomic E-state index is 11.3. The van der Waals surface area contributed by atoms with E-state index < -0.39 is 17.9 Å². The number of nitrogens with two attached hydrogens (primary N) is 1. The topological polar surface area (TPSA) is 90.6 Å². The highest BCUT2D eigenvalue weighted by Crippen LogP contribution is 2.07. The van der Waals surface area contributed by atoms with Crippen LogP contribution in [0.3, 0.4) is 0 Å². The molecule has 16 heavy (non-hydrogen) atoms. The molecule has 0 aromatic carbocycles. The first-order valence-corrected chi connectivity index (χ1v) is 5.01. The Morgan fingerprint density at radius 2 is 1.94 bits per heavy atom. The van der Waals surface area contributed by atoms with Crippen LogP contribution in [0.2, 0.25) is 0 Å². The SMILES string of the molecule is COC(=O)[C@H](COC(C)(C)C)NC(=O)CN. The first-order chi connectivity index (χ1) is 7.30. The van der Waals surface area contributed by atoms with E-state index in [0.717, 1.165) is 0 Å². The normalized spacial score (nSPS) is 13.1. The van der Waals surface area contributed by atoms with Crippen molar-refractivity contribution >= 4 is 11.9 Å². The van der Waals surface area contributed by atoms with Crippen LogP contribution in [-0.4, -0.2) is 43.8 Å². The molecule has 0 radical (unpaired) electrons. The van der Waals surface area contributed by atoms with Crippen molar-refractivity contribution in [3.05, 3.63) is 0 Å². The summed E-state index contributed by atoms with van der Waals surface area (Å²) >= 11 is 0. The fourth-order valence-electron chi connectivity index (χ4n) is 0.897. The minimum Gasteiger partial charge on any atom is -0.467 e. The van der Waals surface area contributed by atoms with Crippen LogP contribution in [0.1, 0.15) is 20.8 Å². The second-order valence-electron chi connectivity index (χ2n) is 4.27. The number of amides is 1. The Labute approximate surface area is 95.5 Å². The lowest BCUT2D eigenvalue weighted by molar-refractivity contribution is -0.148. The summed E-state index contributed by atoms with van der Waals surface area (Å²) in [6.45, 7) is 5.44. The van der Waals surface area contributed by atoms with Crippen LogP contribution in [0.4, 0.5) is 0 Å². The van der Waals surface area contributed by atoms with Crippen LogP contribution in [-0.2, 0) is 19.1 Å². The number of carbonyl (C=O) groups is 2. The second-order valence-corrected chi connectivity index (χ2v) is 4.27. The third kappa shape index (κ3) is 6.36. The van der Waals surface area contributed by atoms with E-state index in [1.54, 1.807) is 0 Å². The molecule has 0 saturated heterocycles. The molecule has 0 aromatic rings. The van der Waals surface area contributed by atoms with Crippen LogP contribution < -0.4 is 11.1 Å². The van der Waals surface area contributed by atoms with Crippen LogP contribution in [0.5, 0.6) is 0 Å². The summed E-state index contributed by atoms with van der Waals surface area (Å²) < 4.78 is 9.95. The van der Waals surface area contributed by atoms with Crippen molar-refractivity contribution in [3.63, 3.8) is 0 Å². The van der Waals surface area contributed by atoms with Crippen molar-refractivity contribution in [2.75, 3.05) is 20.3 Å². The Hall–Kier alpha value is -1.14. The summed E-state index contributed by atoms with van der Waals surface area (Å²) in [6, 6.07) is -0.819. The first kappa shape index (κ1) is 14.9. The van der Waals surface area contributed by atoms with E-state index in [2.05, 4.69) is 10.1 Å². The van der Waals surface area contributed by atoms with Gasteiger partial charge in [0.25, 0.3) is 0 Å². The maximum Gasteiger partial charge on any atom is 0.330 e. The highest BCUT2D eigenvalue weighted by Gasteiger charge is 2.23. The summed E-state index contributed by atoms with van der Waals surface area (Å²) in [5.41, 5.74) is 4.75. The minimum atomic E-state index is -0.819. The van der Waals surface area contributed by atoms with Gasteiger partial charge in [0.2, 0.25) is 5.91 Å². The molecule has 6 nitrogen and oxygen atoms in total. The summed E-state index contributed by atoms with van der Waals surface area (Å²) in [6.07, 6.45) is 0. The van der Waals surface area contributed by atoms with Gasteiger partial charge < -0.3 is 20.5 Å². The number of hydrogen-bond donors (Lipinski definition) is 2. The van der Waals surface area contributed by atoms with Crippen LogP contribution in [0.15, 0.2) is 0 Å². The largest absolute Gasteiger partial charge is 0.467 e. The van der Waals surface area contributed by atoms with Gasteiger partial charge in [-0.15, -0.1) is 0 Å². The zero-order valence-corrected chi connectivity index (χ0v) is 10.2. The number of rotatable bonds is 5. The van der Waals surface area contributed by atoms with Crippen molar-refractivity contribution in [3.8, 4) is 0 Å². The van der Waals surface area contributed by atoms with Gasteiger partial charge in [0.15, 0.2) is 6.04 Å². The van der Waals surface area contributed by atoms with Crippen molar-refractivity contribution in [2.24, 2.45) is 5.73 Å². The van der Waals surface area contributed by atoms with Crippen molar-refractivity contribution in [2.45, 2.75) is 32.4 Å². The van der Waals surface area contributed by atoms with E-state index >= 15 is 0 Å². The lowest BCUT2D eigenvalue weighted by Gasteiger charge is -2.23. The van der Waals surface area contributed by atoms with Gasteiger partial charge in [-0.3, -0.25) is 4.79 Å². The average Bonchev–Trinajstić information content (AvgIpc) is 2.21. The molecule has 0 bridgehead atoms. The predicted octanol–water partition coefficient (Wildman–Crippen LogP) is -0.582. The molecule has 0 aromatic heterocycles. The first-order valence-electron chi connectivity index (χ1n) is 5.01. The standard InChI is InChI=1S/C10H20N2O4/c1-10(2,3)16-6-7(9(14)15-4)12-8(13)5-11/h7H,5-6,11H2,1-4H3,(H,12,13)/t7-/m0/s1. The number of nitrogens with one attached hydrogen (secondary N) is 1. The van der Waals surface area contributed by atoms with E-state index in [-0.39, 0.29) is 18.8 Å². The van der Waals surface area contributed by atoms with Crippen molar-refractivity contribution < 1.29 is 19.1 Å². The molecule has 94 valence electrons. The van der Waals surface area contributed by atoms with Gasteiger partial charge in [-0.2, -0.15) is 0 Å². The third-order valence-corrected chi connectivity index (χ3v) is 1.69. The number of carbonyl (C=O) groups excluding carboxylic acids is 2. The Kier molecular flexibility index (Phi) is 5.98. The van der Waals surface area contributed by atoms with Crippen molar-refractivity contribution in [1.29, 1.82) is 0 Å². The fraction of sp³-hybridized carbons (Fsp3) is 0.800. The quantitative estimate of drug-likeness (QED) is 0.619. The second kappa shape index (κ2) is 6.44. The molecular weight excluding hydrogens is 212 g/mol. The Balaban J connectivity index is 4.33. The Bertz CT molecular complexity index is 248. The monoisotopic (exact) mass is 232 g/mol. The molecule has 3 N–H and O–H groups in total. The molecule has 1 amide bonds. The highest BCUT2D eigenvalue weighted by atomic mass is 16.5. The van der Waals surface area contributed by atoms with Crippen LogP contribution in [0, 0.1) is 0 Å². The maximum atomic E-state index is 11.3.